The molecule has 0 aliphatic rings. The minimum atomic E-state index is -0.592. The lowest BCUT2D eigenvalue weighted by molar-refractivity contribution is -0.120. The standard InChI is InChI=1S/C12H14N2O/c1-3-14(12(15)10(2)9-13)11-7-5-4-6-8-11/h4-8,10H,3H2,1-2H3. The van der Waals surface area contributed by atoms with Crippen molar-refractivity contribution in [3.63, 3.8) is 0 Å². The second-order valence-corrected chi connectivity index (χ2v) is 3.27. The zero-order valence-corrected chi connectivity index (χ0v) is 8.97. The molecule has 15 heavy (non-hydrogen) atoms. The number of nitrogens with zero attached hydrogens (tertiary/aromatic N) is 2. The van der Waals surface area contributed by atoms with Crippen LogP contribution in [0.2, 0.25) is 0 Å². The molecule has 1 rings (SSSR count). The van der Waals surface area contributed by atoms with Crippen LogP contribution in [-0.2, 0) is 4.79 Å². The fraction of sp³-hybridized carbons (Fsp3) is 0.333. The fourth-order valence-corrected chi connectivity index (χ4v) is 1.36. The van der Waals surface area contributed by atoms with E-state index in [1.165, 1.54) is 0 Å². The summed E-state index contributed by atoms with van der Waals surface area (Å²) in [4.78, 5) is 13.4. The van der Waals surface area contributed by atoms with Gasteiger partial charge in [0.1, 0.15) is 5.92 Å². The highest BCUT2D eigenvalue weighted by Crippen LogP contribution is 2.15. The van der Waals surface area contributed by atoms with Gasteiger partial charge in [-0.2, -0.15) is 5.26 Å². The number of para-hydroxylation sites is 1. The van der Waals surface area contributed by atoms with Crippen LogP contribution in [-0.4, -0.2) is 12.5 Å². The summed E-state index contributed by atoms with van der Waals surface area (Å²) in [6.07, 6.45) is 0. The number of anilines is 1. The van der Waals surface area contributed by atoms with E-state index in [0.29, 0.717) is 6.54 Å². The first-order valence-corrected chi connectivity index (χ1v) is 4.96. The first kappa shape index (κ1) is 11.3. The third-order valence-electron chi connectivity index (χ3n) is 2.21. The van der Waals surface area contributed by atoms with Crippen LogP contribution >= 0.6 is 0 Å². The molecular weight excluding hydrogens is 188 g/mol. The lowest BCUT2D eigenvalue weighted by atomic mass is 10.1. The molecule has 0 aliphatic carbocycles. The molecule has 0 bridgehead atoms. The third kappa shape index (κ3) is 2.57. The molecule has 1 atom stereocenters. The van der Waals surface area contributed by atoms with Gasteiger partial charge in [0.25, 0.3) is 0 Å². The number of carbonyl (C=O) groups excluding carboxylic acids is 1. The Labute approximate surface area is 89.9 Å². The van der Waals surface area contributed by atoms with Gasteiger partial charge in [0.2, 0.25) is 5.91 Å². The van der Waals surface area contributed by atoms with Gasteiger partial charge in [-0.3, -0.25) is 4.79 Å². The SMILES string of the molecule is CCN(C(=O)C(C)C#N)c1ccccc1. The van der Waals surface area contributed by atoms with Crippen molar-refractivity contribution < 1.29 is 4.79 Å². The van der Waals surface area contributed by atoms with Crippen LogP contribution in [0.1, 0.15) is 13.8 Å². The van der Waals surface area contributed by atoms with E-state index < -0.39 is 5.92 Å². The van der Waals surface area contributed by atoms with E-state index in [4.69, 9.17) is 5.26 Å². The molecule has 0 spiro atoms. The molecule has 3 nitrogen and oxygen atoms in total. The molecule has 1 amide bonds. The lowest BCUT2D eigenvalue weighted by Crippen LogP contribution is -2.34. The van der Waals surface area contributed by atoms with Gasteiger partial charge < -0.3 is 4.90 Å². The summed E-state index contributed by atoms with van der Waals surface area (Å²) >= 11 is 0. The van der Waals surface area contributed by atoms with E-state index in [2.05, 4.69) is 0 Å². The quantitative estimate of drug-likeness (QED) is 0.754. The van der Waals surface area contributed by atoms with E-state index in [-0.39, 0.29) is 5.91 Å². The number of benzene rings is 1. The van der Waals surface area contributed by atoms with E-state index in [0.717, 1.165) is 5.69 Å². The summed E-state index contributed by atoms with van der Waals surface area (Å²) in [6, 6.07) is 11.3. The lowest BCUT2D eigenvalue weighted by Gasteiger charge is -2.21. The number of hydrogen-bond acceptors (Lipinski definition) is 2. The van der Waals surface area contributed by atoms with E-state index in [1.54, 1.807) is 11.8 Å². The summed E-state index contributed by atoms with van der Waals surface area (Å²) in [7, 11) is 0. The Morgan fingerprint density at radius 3 is 2.53 bits per heavy atom. The van der Waals surface area contributed by atoms with Crippen LogP contribution in [0, 0.1) is 17.2 Å². The molecule has 0 aromatic heterocycles. The van der Waals surface area contributed by atoms with Crippen molar-refractivity contribution in [1.29, 1.82) is 5.26 Å². The predicted octanol–water partition coefficient (Wildman–Crippen LogP) is 2.20. The van der Waals surface area contributed by atoms with E-state index in [1.807, 2.05) is 43.3 Å². The van der Waals surface area contributed by atoms with Crippen molar-refractivity contribution in [1.82, 2.24) is 0 Å². The molecule has 0 radical (unpaired) electrons. The topological polar surface area (TPSA) is 44.1 Å². The van der Waals surface area contributed by atoms with Crippen molar-refractivity contribution in [2.75, 3.05) is 11.4 Å². The van der Waals surface area contributed by atoms with Crippen molar-refractivity contribution >= 4 is 11.6 Å². The molecule has 0 N–H and O–H groups in total. The third-order valence-corrected chi connectivity index (χ3v) is 2.21. The Bertz CT molecular complexity index is 367. The highest BCUT2D eigenvalue weighted by atomic mass is 16.2. The average molecular weight is 202 g/mol. The molecule has 1 aromatic carbocycles. The second-order valence-electron chi connectivity index (χ2n) is 3.27. The smallest absolute Gasteiger partial charge is 0.244 e. The Morgan fingerprint density at radius 2 is 2.07 bits per heavy atom. The molecule has 0 saturated heterocycles. The van der Waals surface area contributed by atoms with Gasteiger partial charge in [-0.05, 0) is 26.0 Å². The maximum absolute atomic E-state index is 11.8. The molecular formula is C12H14N2O. The molecule has 1 unspecified atom stereocenters. The van der Waals surface area contributed by atoms with Crippen LogP contribution < -0.4 is 4.90 Å². The summed E-state index contributed by atoms with van der Waals surface area (Å²) in [5.74, 6) is -0.739. The van der Waals surface area contributed by atoms with Crippen LogP contribution in [0.4, 0.5) is 5.69 Å². The predicted molar refractivity (Wildman–Crippen MR) is 59.2 cm³/mol. The van der Waals surface area contributed by atoms with E-state index in [9.17, 15) is 4.79 Å². The zero-order chi connectivity index (χ0) is 11.3. The zero-order valence-electron chi connectivity index (χ0n) is 8.97. The van der Waals surface area contributed by atoms with Crippen LogP contribution in [0.5, 0.6) is 0 Å². The fourth-order valence-electron chi connectivity index (χ4n) is 1.36. The van der Waals surface area contributed by atoms with Crippen molar-refractivity contribution in [3.8, 4) is 6.07 Å². The molecule has 0 fully saturated rings. The highest BCUT2D eigenvalue weighted by Gasteiger charge is 2.19. The minimum Gasteiger partial charge on any atom is -0.312 e. The monoisotopic (exact) mass is 202 g/mol. The normalized spacial score (nSPS) is 11.5. The first-order chi connectivity index (χ1) is 7.20. The van der Waals surface area contributed by atoms with Gasteiger partial charge in [0.05, 0.1) is 6.07 Å². The minimum absolute atomic E-state index is 0.147. The van der Waals surface area contributed by atoms with Gasteiger partial charge in [-0.15, -0.1) is 0 Å². The van der Waals surface area contributed by atoms with Gasteiger partial charge in [-0.1, -0.05) is 18.2 Å². The van der Waals surface area contributed by atoms with Crippen molar-refractivity contribution in [3.05, 3.63) is 30.3 Å². The van der Waals surface area contributed by atoms with Crippen molar-refractivity contribution in [2.45, 2.75) is 13.8 Å². The largest absolute Gasteiger partial charge is 0.312 e. The molecule has 0 heterocycles. The number of rotatable bonds is 3. The Balaban J connectivity index is 2.91. The van der Waals surface area contributed by atoms with Gasteiger partial charge in [0, 0.05) is 12.2 Å². The Morgan fingerprint density at radius 1 is 1.47 bits per heavy atom. The number of hydrogen-bond donors (Lipinski definition) is 0. The van der Waals surface area contributed by atoms with Gasteiger partial charge >= 0.3 is 0 Å². The molecule has 0 saturated carbocycles. The Hall–Kier alpha value is -1.82. The van der Waals surface area contributed by atoms with Crippen molar-refractivity contribution in [2.24, 2.45) is 5.92 Å². The molecule has 1 aromatic rings. The average Bonchev–Trinajstić information content (AvgIpc) is 2.30. The summed E-state index contributed by atoms with van der Waals surface area (Å²) in [5.41, 5.74) is 0.840. The first-order valence-electron chi connectivity index (χ1n) is 4.96. The maximum atomic E-state index is 11.8. The van der Waals surface area contributed by atoms with Gasteiger partial charge in [0.15, 0.2) is 0 Å². The number of amides is 1. The summed E-state index contributed by atoms with van der Waals surface area (Å²) in [5, 5.41) is 8.70. The molecule has 0 aliphatic heterocycles. The number of carbonyl (C=O) groups is 1. The van der Waals surface area contributed by atoms with E-state index >= 15 is 0 Å². The number of nitriles is 1. The van der Waals surface area contributed by atoms with Crippen LogP contribution in [0.3, 0.4) is 0 Å². The van der Waals surface area contributed by atoms with Gasteiger partial charge in [-0.25, -0.2) is 0 Å². The highest BCUT2D eigenvalue weighted by molar-refractivity contribution is 5.96. The summed E-state index contributed by atoms with van der Waals surface area (Å²) < 4.78 is 0. The van der Waals surface area contributed by atoms with Crippen LogP contribution in [0.15, 0.2) is 30.3 Å². The molecule has 78 valence electrons. The Kier molecular flexibility index (Phi) is 3.87. The molecule has 3 heteroatoms. The van der Waals surface area contributed by atoms with Crippen LogP contribution in [0.25, 0.3) is 0 Å². The second kappa shape index (κ2) is 5.16. The maximum Gasteiger partial charge on any atom is 0.244 e. The summed E-state index contributed by atoms with van der Waals surface area (Å²) in [6.45, 7) is 4.10.